The van der Waals surface area contributed by atoms with Gasteiger partial charge in [-0.1, -0.05) is 29.8 Å². The van der Waals surface area contributed by atoms with E-state index >= 15 is 0 Å². The number of aryl methyl sites for hydroxylation is 1. The first-order chi connectivity index (χ1) is 7.72. The molecule has 0 amide bonds. The van der Waals surface area contributed by atoms with Crippen LogP contribution in [0.3, 0.4) is 0 Å². The Morgan fingerprint density at radius 1 is 1.50 bits per heavy atom. The van der Waals surface area contributed by atoms with Crippen LogP contribution in [0.1, 0.15) is 30.9 Å². The maximum atomic E-state index is 8.61. The normalized spacial score (nSPS) is 12.6. The highest BCUT2D eigenvalue weighted by Crippen LogP contribution is 2.04. The lowest BCUT2D eigenvalue weighted by atomic mass is 10.1. The lowest BCUT2D eigenvalue weighted by Crippen LogP contribution is -1.92. The first kappa shape index (κ1) is 12.4. The van der Waals surface area contributed by atoms with E-state index in [1.807, 2.05) is 19.2 Å². The smallest absolute Gasteiger partial charge is 0.0652 e. The molecule has 1 aromatic carbocycles. The molecule has 2 heteroatoms. The predicted octanol–water partition coefficient (Wildman–Crippen LogP) is 3.35. The van der Waals surface area contributed by atoms with Gasteiger partial charge in [0.2, 0.25) is 0 Å². The van der Waals surface area contributed by atoms with Crippen molar-refractivity contribution in [3.8, 4) is 6.07 Å². The number of rotatable bonds is 5. The average molecular weight is 214 g/mol. The van der Waals surface area contributed by atoms with E-state index in [2.05, 4.69) is 36.2 Å². The second-order valence-corrected chi connectivity index (χ2v) is 4.12. The van der Waals surface area contributed by atoms with Crippen LogP contribution < -0.4 is 0 Å². The van der Waals surface area contributed by atoms with Crippen molar-refractivity contribution in [2.45, 2.75) is 26.7 Å². The Labute approximate surface area is 97.6 Å². The molecular formula is C14H18N2. The van der Waals surface area contributed by atoms with Crippen molar-refractivity contribution in [2.75, 3.05) is 6.54 Å². The van der Waals surface area contributed by atoms with Crippen molar-refractivity contribution in [3.63, 3.8) is 0 Å². The Balaban J connectivity index is 2.30. The van der Waals surface area contributed by atoms with Crippen LogP contribution in [0.25, 0.3) is 0 Å². The first-order valence-electron chi connectivity index (χ1n) is 5.68. The molecular weight excluding hydrogens is 196 g/mol. The minimum Gasteiger partial charge on any atom is -0.293 e. The Hall–Kier alpha value is -1.62. The van der Waals surface area contributed by atoms with Crippen molar-refractivity contribution >= 4 is 6.21 Å². The fourth-order valence-electron chi connectivity index (χ4n) is 1.47. The maximum absolute atomic E-state index is 8.61. The molecule has 1 unspecified atom stereocenters. The third-order valence-corrected chi connectivity index (χ3v) is 2.43. The molecule has 1 aromatic rings. The highest BCUT2D eigenvalue weighted by atomic mass is 14.7. The van der Waals surface area contributed by atoms with Gasteiger partial charge in [0, 0.05) is 18.7 Å². The van der Waals surface area contributed by atoms with E-state index in [1.54, 1.807) is 0 Å². The summed E-state index contributed by atoms with van der Waals surface area (Å²) >= 11 is 0. The van der Waals surface area contributed by atoms with Gasteiger partial charge in [0.05, 0.1) is 6.07 Å². The largest absolute Gasteiger partial charge is 0.293 e. The zero-order valence-corrected chi connectivity index (χ0v) is 9.98. The number of hydrogen-bond acceptors (Lipinski definition) is 2. The first-order valence-corrected chi connectivity index (χ1v) is 5.68. The molecule has 16 heavy (non-hydrogen) atoms. The molecule has 1 rings (SSSR count). The minimum atomic E-state index is 0.147. The van der Waals surface area contributed by atoms with Crippen molar-refractivity contribution in [2.24, 2.45) is 10.9 Å². The molecule has 0 radical (unpaired) electrons. The molecule has 0 spiro atoms. The lowest BCUT2D eigenvalue weighted by Gasteiger charge is -1.99. The van der Waals surface area contributed by atoms with Crippen LogP contribution in [0.2, 0.25) is 0 Å². The quantitative estimate of drug-likeness (QED) is 0.547. The number of aliphatic imine (C=N–C) groups is 1. The zero-order chi connectivity index (χ0) is 11.8. The summed E-state index contributed by atoms with van der Waals surface area (Å²) in [4.78, 5) is 4.35. The lowest BCUT2D eigenvalue weighted by molar-refractivity contribution is 0.625. The van der Waals surface area contributed by atoms with E-state index in [0.29, 0.717) is 0 Å². The Morgan fingerprint density at radius 3 is 3.00 bits per heavy atom. The fourth-order valence-corrected chi connectivity index (χ4v) is 1.47. The zero-order valence-electron chi connectivity index (χ0n) is 9.98. The number of hydrogen-bond donors (Lipinski definition) is 0. The van der Waals surface area contributed by atoms with Crippen LogP contribution in [-0.2, 0) is 0 Å². The average Bonchev–Trinajstić information content (AvgIpc) is 2.28. The third-order valence-electron chi connectivity index (χ3n) is 2.43. The molecule has 0 fully saturated rings. The molecule has 0 aliphatic carbocycles. The van der Waals surface area contributed by atoms with Crippen molar-refractivity contribution in [3.05, 3.63) is 35.4 Å². The summed E-state index contributed by atoms with van der Waals surface area (Å²) in [5, 5.41) is 8.61. The minimum absolute atomic E-state index is 0.147. The molecule has 0 aliphatic rings. The van der Waals surface area contributed by atoms with Crippen LogP contribution >= 0.6 is 0 Å². The van der Waals surface area contributed by atoms with Gasteiger partial charge in [-0.2, -0.15) is 5.26 Å². The summed E-state index contributed by atoms with van der Waals surface area (Å²) in [6, 6.07) is 10.5. The van der Waals surface area contributed by atoms with Crippen molar-refractivity contribution < 1.29 is 0 Å². The molecule has 84 valence electrons. The van der Waals surface area contributed by atoms with Crippen molar-refractivity contribution in [1.29, 1.82) is 5.26 Å². The molecule has 1 atom stereocenters. The van der Waals surface area contributed by atoms with Crippen LogP contribution in [0, 0.1) is 24.2 Å². The van der Waals surface area contributed by atoms with Gasteiger partial charge in [0.25, 0.3) is 0 Å². The summed E-state index contributed by atoms with van der Waals surface area (Å²) in [7, 11) is 0. The van der Waals surface area contributed by atoms with E-state index in [0.717, 1.165) is 24.9 Å². The SMILES string of the molecule is Cc1cccc(C=NCCCC(C)C#N)c1. The highest BCUT2D eigenvalue weighted by molar-refractivity contribution is 5.79. The van der Waals surface area contributed by atoms with E-state index < -0.39 is 0 Å². The molecule has 0 saturated carbocycles. The Bertz CT molecular complexity index is 388. The fraction of sp³-hybridized carbons (Fsp3) is 0.429. The summed E-state index contributed by atoms with van der Waals surface area (Å²) in [6.45, 7) is 4.83. The van der Waals surface area contributed by atoms with E-state index in [-0.39, 0.29) is 5.92 Å². The van der Waals surface area contributed by atoms with Crippen LogP contribution in [-0.4, -0.2) is 12.8 Å². The molecule has 0 bridgehead atoms. The molecule has 0 heterocycles. The van der Waals surface area contributed by atoms with E-state index in [9.17, 15) is 0 Å². The Morgan fingerprint density at radius 2 is 2.31 bits per heavy atom. The summed E-state index contributed by atoms with van der Waals surface area (Å²) in [6.07, 6.45) is 3.82. The Kier molecular flexibility index (Phi) is 5.28. The van der Waals surface area contributed by atoms with Gasteiger partial charge in [0.1, 0.15) is 0 Å². The molecule has 0 N–H and O–H groups in total. The van der Waals surface area contributed by atoms with Gasteiger partial charge in [-0.05, 0) is 32.3 Å². The van der Waals surface area contributed by atoms with E-state index in [4.69, 9.17) is 5.26 Å². The van der Waals surface area contributed by atoms with Gasteiger partial charge in [0.15, 0.2) is 0 Å². The second-order valence-electron chi connectivity index (χ2n) is 4.12. The monoisotopic (exact) mass is 214 g/mol. The molecule has 0 aliphatic heterocycles. The van der Waals surface area contributed by atoms with Crippen LogP contribution in [0.4, 0.5) is 0 Å². The molecule has 2 nitrogen and oxygen atoms in total. The van der Waals surface area contributed by atoms with Crippen molar-refractivity contribution in [1.82, 2.24) is 0 Å². The number of nitrogens with zero attached hydrogens (tertiary/aromatic N) is 2. The van der Waals surface area contributed by atoms with Gasteiger partial charge in [-0.15, -0.1) is 0 Å². The third kappa shape index (κ3) is 4.75. The molecule has 0 saturated heterocycles. The van der Waals surface area contributed by atoms with Gasteiger partial charge >= 0.3 is 0 Å². The maximum Gasteiger partial charge on any atom is 0.0652 e. The number of benzene rings is 1. The van der Waals surface area contributed by atoms with E-state index in [1.165, 1.54) is 5.56 Å². The number of nitriles is 1. The summed E-state index contributed by atoms with van der Waals surface area (Å²) in [5.41, 5.74) is 2.40. The second kappa shape index (κ2) is 6.79. The highest BCUT2D eigenvalue weighted by Gasteiger charge is 1.97. The predicted molar refractivity (Wildman–Crippen MR) is 67.7 cm³/mol. The van der Waals surface area contributed by atoms with Gasteiger partial charge in [-0.25, -0.2) is 0 Å². The summed E-state index contributed by atoms with van der Waals surface area (Å²) < 4.78 is 0. The topological polar surface area (TPSA) is 36.1 Å². The van der Waals surface area contributed by atoms with Gasteiger partial charge in [-0.3, -0.25) is 4.99 Å². The van der Waals surface area contributed by atoms with Crippen LogP contribution in [0.5, 0.6) is 0 Å². The van der Waals surface area contributed by atoms with Crippen LogP contribution in [0.15, 0.2) is 29.3 Å². The molecule has 0 aromatic heterocycles. The van der Waals surface area contributed by atoms with Gasteiger partial charge < -0.3 is 0 Å². The standard InChI is InChI=1S/C14H18N2/c1-12-5-3-7-14(9-12)11-16-8-4-6-13(2)10-15/h3,5,7,9,11,13H,4,6,8H2,1-2H3. The summed E-state index contributed by atoms with van der Waals surface area (Å²) in [5.74, 6) is 0.147.